The van der Waals surface area contributed by atoms with Crippen LogP contribution in [0.15, 0.2) is 17.5 Å². The Morgan fingerprint density at radius 2 is 2.21 bits per heavy atom. The first-order valence-electron chi connectivity index (χ1n) is 5.93. The number of thiophene rings is 1. The number of amides is 1. The van der Waals surface area contributed by atoms with Crippen molar-refractivity contribution < 1.29 is 4.79 Å². The predicted octanol–water partition coefficient (Wildman–Crippen LogP) is 3.59. The molecule has 0 fully saturated rings. The SMILES string of the molecule is Cn1c(C(=O)N2CCc3sccc3C2)cc(Cl)c1Cl. The van der Waals surface area contributed by atoms with Gasteiger partial charge in [-0.1, -0.05) is 23.2 Å². The molecule has 0 saturated heterocycles. The van der Waals surface area contributed by atoms with Crippen molar-refractivity contribution in [2.45, 2.75) is 13.0 Å². The maximum Gasteiger partial charge on any atom is 0.270 e. The normalized spacial score (nSPS) is 14.6. The summed E-state index contributed by atoms with van der Waals surface area (Å²) in [5, 5.41) is 2.90. The van der Waals surface area contributed by atoms with Gasteiger partial charge in [-0.3, -0.25) is 4.79 Å². The summed E-state index contributed by atoms with van der Waals surface area (Å²) >= 11 is 13.7. The van der Waals surface area contributed by atoms with Crippen molar-refractivity contribution in [3.05, 3.63) is 43.8 Å². The maximum atomic E-state index is 12.5. The number of halogens is 2. The van der Waals surface area contributed by atoms with Gasteiger partial charge in [-0.2, -0.15) is 0 Å². The van der Waals surface area contributed by atoms with Crippen LogP contribution in [0.1, 0.15) is 20.9 Å². The lowest BCUT2D eigenvalue weighted by Gasteiger charge is -2.27. The van der Waals surface area contributed by atoms with Gasteiger partial charge in [0.05, 0.1) is 5.02 Å². The van der Waals surface area contributed by atoms with Crippen LogP contribution in [-0.2, 0) is 20.0 Å². The monoisotopic (exact) mass is 314 g/mol. The number of aromatic nitrogens is 1. The second kappa shape index (κ2) is 4.85. The summed E-state index contributed by atoms with van der Waals surface area (Å²) in [7, 11) is 1.75. The largest absolute Gasteiger partial charge is 0.333 e. The van der Waals surface area contributed by atoms with Crippen molar-refractivity contribution in [3.63, 3.8) is 0 Å². The Balaban J connectivity index is 1.87. The Kier molecular flexibility index (Phi) is 3.33. The van der Waals surface area contributed by atoms with E-state index in [2.05, 4.69) is 11.4 Å². The summed E-state index contributed by atoms with van der Waals surface area (Å²) in [6.45, 7) is 1.41. The molecule has 3 nitrogen and oxygen atoms in total. The van der Waals surface area contributed by atoms with Gasteiger partial charge in [0.2, 0.25) is 0 Å². The molecule has 6 heteroatoms. The van der Waals surface area contributed by atoms with Crippen molar-refractivity contribution >= 4 is 40.4 Å². The quantitative estimate of drug-likeness (QED) is 0.789. The molecule has 2 aromatic rings. The van der Waals surface area contributed by atoms with Gasteiger partial charge in [-0.15, -0.1) is 11.3 Å². The topological polar surface area (TPSA) is 25.2 Å². The van der Waals surface area contributed by atoms with Crippen LogP contribution in [0, 0.1) is 0 Å². The summed E-state index contributed by atoms with van der Waals surface area (Å²) in [6.07, 6.45) is 0.921. The average Bonchev–Trinajstić information content (AvgIpc) is 2.97. The molecule has 0 saturated carbocycles. The first-order valence-corrected chi connectivity index (χ1v) is 7.56. The molecule has 0 radical (unpaired) electrons. The van der Waals surface area contributed by atoms with Crippen LogP contribution in [0.5, 0.6) is 0 Å². The highest BCUT2D eigenvalue weighted by molar-refractivity contribution is 7.10. The van der Waals surface area contributed by atoms with Crippen LogP contribution in [-0.4, -0.2) is 21.9 Å². The molecule has 1 aliphatic rings. The van der Waals surface area contributed by atoms with E-state index in [9.17, 15) is 4.79 Å². The average molecular weight is 315 g/mol. The molecule has 0 N–H and O–H groups in total. The van der Waals surface area contributed by atoms with Crippen LogP contribution in [0.25, 0.3) is 0 Å². The van der Waals surface area contributed by atoms with Gasteiger partial charge in [0.1, 0.15) is 10.8 Å². The lowest BCUT2D eigenvalue weighted by atomic mass is 10.1. The Hall–Kier alpha value is -0.970. The minimum atomic E-state index is -0.0202. The van der Waals surface area contributed by atoms with Gasteiger partial charge in [0, 0.05) is 25.0 Å². The first kappa shape index (κ1) is 13.0. The summed E-state index contributed by atoms with van der Waals surface area (Å²) in [5.74, 6) is -0.0202. The molecule has 0 aromatic carbocycles. The molecule has 0 atom stereocenters. The zero-order chi connectivity index (χ0) is 13.6. The third-order valence-electron chi connectivity index (χ3n) is 3.43. The van der Waals surface area contributed by atoms with Crippen molar-refractivity contribution in [2.24, 2.45) is 7.05 Å². The molecule has 1 aliphatic heterocycles. The molecule has 3 heterocycles. The van der Waals surface area contributed by atoms with E-state index in [1.54, 1.807) is 29.0 Å². The van der Waals surface area contributed by atoms with Crippen LogP contribution in [0.4, 0.5) is 0 Å². The standard InChI is InChI=1S/C13H12Cl2N2OS/c1-16-10(6-9(14)12(16)15)13(18)17-4-2-11-8(7-17)3-5-19-11/h3,5-6H,2,4,7H2,1H3. The molecule has 2 aromatic heterocycles. The fourth-order valence-corrected chi connectivity index (χ4v) is 3.60. The van der Waals surface area contributed by atoms with E-state index in [1.807, 2.05) is 4.90 Å². The number of fused-ring (bicyclic) bond motifs is 1. The Morgan fingerprint density at radius 3 is 2.89 bits per heavy atom. The van der Waals surface area contributed by atoms with Crippen molar-refractivity contribution in [1.29, 1.82) is 0 Å². The lowest BCUT2D eigenvalue weighted by Crippen LogP contribution is -2.36. The van der Waals surface area contributed by atoms with Crippen LogP contribution < -0.4 is 0 Å². The van der Waals surface area contributed by atoms with Gasteiger partial charge in [-0.05, 0) is 29.5 Å². The summed E-state index contributed by atoms with van der Waals surface area (Å²) in [5.41, 5.74) is 1.78. The van der Waals surface area contributed by atoms with E-state index < -0.39 is 0 Å². The van der Waals surface area contributed by atoms with E-state index in [0.717, 1.165) is 13.0 Å². The smallest absolute Gasteiger partial charge is 0.270 e. The van der Waals surface area contributed by atoms with Crippen molar-refractivity contribution in [2.75, 3.05) is 6.54 Å². The molecule has 0 spiro atoms. The minimum Gasteiger partial charge on any atom is -0.333 e. The van der Waals surface area contributed by atoms with E-state index >= 15 is 0 Å². The van der Waals surface area contributed by atoms with Crippen LogP contribution in [0.2, 0.25) is 10.2 Å². The highest BCUT2D eigenvalue weighted by atomic mass is 35.5. The molecule has 1 amide bonds. The zero-order valence-electron chi connectivity index (χ0n) is 10.3. The van der Waals surface area contributed by atoms with Gasteiger partial charge < -0.3 is 9.47 Å². The fourth-order valence-electron chi connectivity index (χ4n) is 2.33. The van der Waals surface area contributed by atoms with Crippen LogP contribution in [0.3, 0.4) is 0 Å². The summed E-state index contributed by atoms with van der Waals surface area (Å²) < 4.78 is 1.63. The highest BCUT2D eigenvalue weighted by Crippen LogP contribution is 2.28. The van der Waals surface area contributed by atoms with E-state index in [4.69, 9.17) is 23.2 Å². The molecule has 100 valence electrons. The highest BCUT2D eigenvalue weighted by Gasteiger charge is 2.25. The van der Waals surface area contributed by atoms with Crippen molar-refractivity contribution in [3.8, 4) is 0 Å². The number of nitrogens with zero attached hydrogens (tertiary/aromatic N) is 2. The number of hydrogen-bond acceptors (Lipinski definition) is 2. The second-order valence-electron chi connectivity index (χ2n) is 4.57. The minimum absolute atomic E-state index is 0.0202. The van der Waals surface area contributed by atoms with E-state index in [1.165, 1.54) is 10.4 Å². The third-order valence-corrected chi connectivity index (χ3v) is 5.30. The van der Waals surface area contributed by atoms with Crippen LogP contribution >= 0.6 is 34.5 Å². The number of carbonyl (C=O) groups excluding carboxylic acids is 1. The second-order valence-corrected chi connectivity index (χ2v) is 6.34. The van der Waals surface area contributed by atoms with E-state index in [-0.39, 0.29) is 5.91 Å². The third kappa shape index (κ3) is 2.18. The Bertz CT molecular complexity index is 647. The molecule has 3 rings (SSSR count). The Labute approximate surface area is 125 Å². The van der Waals surface area contributed by atoms with Gasteiger partial charge in [0.15, 0.2) is 0 Å². The maximum absolute atomic E-state index is 12.5. The summed E-state index contributed by atoms with van der Waals surface area (Å²) in [6, 6.07) is 3.72. The molecule has 0 bridgehead atoms. The molecular weight excluding hydrogens is 303 g/mol. The molecule has 0 unspecified atom stereocenters. The summed E-state index contributed by atoms with van der Waals surface area (Å²) in [4.78, 5) is 15.7. The van der Waals surface area contributed by atoms with Gasteiger partial charge in [0.25, 0.3) is 5.91 Å². The zero-order valence-corrected chi connectivity index (χ0v) is 12.6. The number of carbonyl (C=O) groups is 1. The lowest BCUT2D eigenvalue weighted by molar-refractivity contribution is 0.0726. The van der Waals surface area contributed by atoms with Crippen molar-refractivity contribution in [1.82, 2.24) is 9.47 Å². The molecule has 0 aliphatic carbocycles. The predicted molar refractivity (Wildman–Crippen MR) is 78.2 cm³/mol. The number of rotatable bonds is 1. The molecule has 19 heavy (non-hydrogen) atoms. The first-order chi connectivity index (χ1) is 9.08. The molecular formula is C13H12Cl2N2OS. The number of hydrogen-bond donors (Lipinski definition) is 0. The van der Waals surface area contributed by atoms with Gasteiger partial charge >= 0.3 is 0 Å². The fraction of sp³-hybridized carbons (Fsp3) is 0.308. The Morgan fingerprint density at radius 1 is 1.42 bits per heavy atom. The van der Waals surface area contributed by atoms with E-state index in [0.29, 0.717) is 22.4 Å². The van der Waals surface area contributed by atoms with Gasteiger partial charge in [-0.25, -0.2) is 0 Å².